The molecule has 4 heteroatoms. The summed E-state index contributed by atoms with van der Waals surface area (Å²) in [7, 11) is 0. The molecule has 0 atom stereocenters. The highest BCUT2D eigenvalue weighted by atomic mass is 16.5. The lowest BCUT2D eigenvalue weighted by Gasteiger charge is -2.19. The second kappa shape index (κ2) is 8.98. The topological polar surface area (TPSA) is 52.9 Å². The minimum atomic E-state index is 0.125. The number of ether oxygens (including phenoxy) is 1. The van der Waals surface area contributed by atoms with E-state index in [1.165, 1.54) is 0 Å². The molecule has 17 heavy (non-hydrogen) atoms. The normalized spacial score (nSPS) is 10.8. The third-order valence-electron chi connectivity index (χ3n) is 2.46. The van der Waals surface area contributed by atoms with Crippen LogP contribution in [0.5, 0.6) is 5.75 Å². The summed E-state index contributed by atoms with van der Waals surface area (Å²) in [5, 5.41) is 17.7. The van der Waals surface area contributed by atoms with Crippen LogP contribution in [0, 0.1) is 0 Å². The van der Waals surface area contributed by atoms with Crippen molar-refractivity contribution in [3.8, 4) is 5.75 Å². The molecule has 0 spiro atoms. The van der Waals surface area contributed by atoms with Crippen molar-refractivity contribution in [3.63, 3.8) is 0 Å². The molecule has 4 nitrogen and oxygen atoms in total. The van der Waals surface area contributed by atoms with E-state index in [0.29, 0.717) is 19.7 Å². The van der Waals surface area contributed by atoms with Gasteiger partial charge in [-0.1, -0.05) is 18.2 Å². The maximum Gasteiger partial charge on any atom is 0.119 e. The number of hydrogen-bond donors (Lipinski definition) is 2. The monoisotopic (exact) mass is 239 g/mol. The molecule has 0 saturated carbocycles. The molecule has 0 aliphatic rings. The molecule has 0 aliphatic heterocycles. The lowest BCUT2D eigenvalue weighted by Crippen LogP contribution is -2.31. The summed E-state index contributed by atoms with van der Waals surface area (Å²) >= 11 is 0. The van der Waals surface area contributed by atoms with E-state index in [0.717, 1.165) is 18.7 Å². The Morgan fingerprint density at radius 2 is 1.59 bits per heavy atom. The van der Waals surface area contributed by atoms with Crippen LogP contribution < -0.4 is 4.74 Å². The Morgan fingerprint density at radius 1 is 0.941 bits per heavy atom. The molecule has 1 rings (SSSR count). The summed E-state index contributed by atoms with van der Waals surface area (Å²) in [6.45, 7) is 2.93. The van der Waals surface area contributed by atoms with Gasteiger partial charge in [0.15, 0.2) is 0 Å². The van der Waals surface area contributed by atoms with Gasteiger partial charge >= 0.3 is 0 Å². The Hall–Kier alpha value is -1.10. The van der Waals surface area contributed by atoms with Crippen molar-refractivity contribution in [2.45, 2.75) is 6.42 Å². The van der Waals surface area contributed by atoms with Crippen molar-refractivity contribution >= 4 is 0 Å². The lowest BCUT2D eigenvalue weighted by molar-refractivity contribution is 0.153. The Labute approximate surface area is 102 Å². The van der Waals surface area contributed by atoms with Crippen molar-refractivity contribution in [1.82, 2.24) is 4.90 Å². The maximum absolute atomic E-state index is 8.84. The van der Waals surface area contributed by atoms with E-state index in [2.05, 4.69) is 0 Å². The SMILES string of the molecule is OCCN(CCO)CCCOc1ccccc1. The molecule has 0 saturated heterocycles. The zero-order valence-electron chi connectivity index (χ0n) is 10.1. The molecule has 0 unspecified atom stereocenters. The van der Waals surface area contributed by atoms with Crippen molar-refractivity contribution in [1.29, 1.82) is 0 Å². The van der Waals surface area contributed by atoms with Gasteiger partial charge in [-0.3, -0.25) is 4.90 Å². The first kappa shape index (κ1) is 14.0. The van der Waals surface area contributed by atoms with Gasteiger partial charge in [0.2, 0.25) is 0 Å². The number of nitrogens with zero attached hydrogens (tertiary/aromatic N) is 1. The van der Waals surface area contributed by atoms with E-state index in [4.69, 9.17) is 14.9 Å². The standard InChI is InChI=1S/C13H21NO3/c15-10-8-14(9-11-16)7-4-12-17-13-5-2-1-3-6-13/h1-3,5-6,15-16H,4,7-12H2. The number of aliphatic hydroxyl groups is 2. The van der Waals surface area contributed by atoms with Gasteiger partial charge in [0.1, 0.15) is 5.75 Å². The molecule has 2 N–H and O–H groups in total. The van der Waals surface area contributed by atoms with Crippen LogP contribution in [0.2, 0.25) is 0 Å². The Balaban J connectivity index is 2.13. The smallest absolute Gasteiger partial charge is 0.119 e. The minimum Gasteiger partial charge on any atom is -0.494 e. The van der Waals surface area contributed by atoms with E-state index in [9.17, 15) is 0 Å². The summed E-state index contributed by atoms with van der Waals surface area (Å²) in [4.78, 5) is 2.02. The van der Waals surface area contributed by atoms with Gasteiger partial charge in [-0.2, -0.15) is 0 Å². The fourth-order valence-corrected chi connectivity index (χ4v) is 1.61. The summed E-state index contributed by atoms with van der Waals surface area (Å²) in [5.74, 6) is 0.878. The van der Waals surface area contributed by atoms with Crippen molar-refractivity contribution in [2.75, 3.05) is 39.5 Å². The Bertz CT molecular complexity index is 273. The molecule has 0 amide bonds. The highest BCUT2D eigenvalue weighted by Crippen LogP contribution is 2.08. The van der Waals surface area contributed by atoms with Crippen molar-refractivity contribution in [2.24, 2.45) is 0 Å². The van der Waals surface area contributed by atoms with Gasteiger partial charge in [-0.25, -0.2) is 0 Å². The van der Waals surface area contributed by atoms with E-state index in [1.54, 1.807) is 0 Å². The quantitative estimate of drug-likeness (QED) is 0.624. The number of aliphatic hydroxyl groups excluding tert-OH is 2. The predicted molar refractivity (Wildman–Crippen MR) is 67.2 cm³/mol. The number of para-hydroxylation sites is 1. The van der Waals surface area contributed by atoms with Crippen LogP contribution in [-0.2, 0) is 0 Å². The minimum absolute atomic E-state index is 0.125. The summed E-state index contributed by atoms with van der Waals surface area (Å²) < 4.78 is 5.56. The number of benzene rings is 1. The van der Waals surface area contributed by atoms with Crippen LogP contribution >= 0.6 is 0 Å². The van der Waals surface area contributed by atoms with E-state index >= 15 is 0 Å². The first-order valence-corrected chi connectivity index (χ1v) is 5.98. The molecule has 0 bridgehead atoms. The number of hydrogen-bond acceptors (Lipinski definition) is 4. The van der Waals surface area contributed by atoms with Crippen LogP contribution in [0.25, 0.3) is 0 Å². The molecule has 96 valence electrons. The zero-order chi connectivity index (χ0) is 12.3. The van der Waals surface area contributed by atoms with Gasteiger partial charge in [0.25, 0.3) is 0 Å². The Kier molecular flexibility index (Phi) is 7.38. The molecular formula is C13H21NO3. The first-order valence-electron chi connectivity index (χ1n) is 5.98. The van der Waals surface area contributed by atoms with Gasteiger partial charge in [0, 0.05) is 19.6 Å². The summed E-state index contributed by atoms with van der Waals surface area (Å²) in [6, 6.07) is 9.70. The summed E-state index contributed by atoms with van der Waals surface area (Å²) in [6.07, 6.45) is 0.884. The van der Waals surface area contributed by atoms with Gasteiger partial charge in [-0.15, -0.1) is 0 Å². The molecule has 1 aromatic rings. The maximum atomic E-state index is 8.84. The second-order valence-electron chi connectivity index (χ2n) is 3.80. The van der Waals surface area contributed by atoms with Gasteiger partial charge < -0.3 is 14.9 Å². The van der Waals surface area contributed by atoms with E-state index < -0.39 is 0 Å². The molecule has 0 fully saturated rings. The highest BCUT2D eigenvalue weighted by molar-refractivity contribution is 5.20. The first-order chi connectivity index (χ1) is 8.36. The third kappa shape index (κ3) is 6.26. The average molecular weight is 239 g/mol. The van der Waals surface area contributed by atoms with Crippen LogP contribution in [0.15, 0.2) is 30.3 Å². The van der Waals surface area contributed by atoms with Gasteiger partial charge in [0.05, 0.1) is 19.8 Å². The second-order valence-corrected chi connectivity index (χ2v) is 3.80. The van der Waals surface area contributed by atoms with Crippen LogP contribution in [0.4, 0.5) is 0 Å². The van der Waals surface area contributed by atoms with Crippen molar-refractivity contribution < 1.29 is 14.9 Å². The van der Waals surface area contributed by atoms with E-state index in [1.807, 2.05) is 35.2 Å². The zero-order valence-corrected chi connectivity index (χ0v) is 10.1. The van der Waals surface area contributed by atoms with Crippen molar-refractivity contribution in [3.05, 3.63) is 30.3 Å². The van der Waals surface area contributed by atoms with Crippen LogP contribution in [0.1, 0.15) is 6.42 Å². The Morgan fingerprint density at radius 3 is 2.18 bits per heavy atom. The lowest BCUT2D eigenvalue weighted by atomic mass is 10.3. The van der Waals surface area contributed by atoms with Crippen LogP contribution in [-0.4, -0.2) is 54.6 Å². The average Bonchev–Trinajstić information content (AvgIpc) is 2.36. The van der Waals surface area contributed by atoms with Gasteiger partial charge in [-0.05, 0) is 18.6 Å². The highest BCUT2D eigenvalue weighted by Gasteiger charge is 2.02. The molecule has 1 aromatic carbocycles. The molecule has 0 radical (unpaired) electrons. The fourth-order valence-electron chi connectivity index (χ4n) is 1.61. The number of rotatable bonds is 9. The molecular weight excluding hydrogens is 218 g/mol. The summed E-state index contributed by atoms with van der Waals surface area (Å²) in [5.41, 5.74) is 0. The fraction of sp³-hybridized carbons (Fsp3) is 0.538. The largest absolute Gasteiger partial charge is 0.494 e. The van der Waals surface area contributed by atoms with Crippen LogP contribution in [0.3, 0.4) is 0 Å². The molecule has 0 aliphatic carbocycles. The molecule has 0 heterocycles. The molecule has 0 aromatic heterocycles. The third-order valence-corrected chi connectivity index (χ3v) is 2.46. The predicted octanol–water partition coefficient (Wildman–Crippen LogP) is 0.742. The van der Waals surface area contributed by atoms with E-state index in [-0.39, 0.29) is 13.2 Å².